The lowest BCUT2D eigenvalue weighted by Crippen LogP contribution is -2.19. The van der Waals surface area contributed by atoms with Gasteiger partial charge in [-0.1, -0.05) is 45.8 Å². The molecule has 0 fully saturated rings. The van der Waals surface area contributed by atoms with Crippen LogP contribution in [0.25, 0.3) is 0 Å². The van der Waals surface area contributed by atoms with Gasteiger partial charge in [-0.2, -0.15) is 0 Å². The highest BCUT2D eigenvalue weighted by atomic mass is 79.9. The minimum atomic E-state index is 0.413. The minimum absolute atomic E-state index is 0.413. The Bertz CT molecular complexity index is 564. The maximum atomic E-state index is 3.66. The number of halogens is 1. The monoisotopic (exact) mass is 331 g/mol. The molecule has 0 saturated heterocycles. The van der Waals surface area contributed by atoms with Crippen molar-refractivity contribution >= 4 is 21.6 Å². The summed E-state index contributed by atoms with van der Waals surface area (Å²) in [5, 5.41) is 3.66. The molecule has 2 aromatic rings. The molecule has 0 bridgehead atoms. The Morgan fingerprint density at radius 3 is 2.10 bits per heavy atom. The highest BCUT2D eigenvalue weighted by molar-refractivity contribution is 9.10. The predicted molar refractivity (Wildman–Crippen MR) is 91.6 cm³/mol. The van der Waals surface area contributed by atoms with Gasteiger partial charge in [-0.15, -0.1) is 0 Å². The van der Waals surface area contributed by atoms with Gasteiger partial charge >= 0.3 is 0 Å². The van der Waals surface area contributed by atoms with Crippen LogP contribution in [0.2, 0.25) is 0 Å². The third-order valence-electron chi connectivity index (χ3n) is 3.52. The van der Waals surface area contributed by atoms with Gasteiger partial charge in [-0.3, -0.25) is 0 Å². The highest BCUT2D eigenvalue weighted by Crippen LogP contribution is 2.23. The van der Waals surface area contributed by atoms with Crippen LogP contribution in [-0.4, -0.2) is 6.04 Å². The third kappa shape index (κ3) is 3.86. The molecule has 2 rings (SSSR count). The van der Waals surface area contributed by atoms with E-state index in [4.69, 9.17) is 0 Å². The first-order valence-electron chi connectivity index (χ1n) is 7.04. The number of benzene rings is 2. The van der Waals surface area contributed by atoms with Crippen LogP contribution in [0, 0.1) is 20.8 Å². The molecule has 0 amide bonds. The Kier molecular flexibility index (Phi) is 4.87. The summed E-state index contributed by atoms with van der Waals surface area (Å²) in [5.41, 5.74) is 6.61. The van der Waals surface area contributed by atoms with E-state index >= 15 is 0 Å². The number of hydrogen-bond donors (Lipinski definition) is 1. The summed E-state index contributed by atoms with van der Waals surface area (Å²) in [6.07, 6.45) is 1.03. The fraction of sp³-hybridized carbons (Fsp3) is 0.333. The first kappa shape index (κ1) is 15.1. The van der Waals surface area contributed by atoms with Gasteiger partial charge in [0.1, 0.15) is 0 Å². The average molecular weight is 332 g/mol. The summed E-state index contributed by atoms with van der Waals surface area (Å²) in [7, 11) is 0. The van der Waals surface area contributed by atoms with Crippen molar-refractivity contribution < 1.29 is 0 Å². The van der Waals surface area contributed by atoms with Crippen LogP contribution >= 0.6 is 15.9 Å². The van der Waals surface area contributed by atoms with E-state index in [1.54, 1.807) is 0 Å². The molecule has 0 saturated carbocycles. The molecule has 106 valence electrons. The molecular formula is C18H22BrN. The Balaban J connectivity index is 2.08. The van der Waals surface area contributed by atoms with Crippen molar-refractivity contribution in [2.24, 2.45) is 0 Å². The van der Waals surface area contributed by atoms with Crippen LogP contribution in [0.3, 0.4) is 0 Å². The van der Waals surface area contributed by atoms with Gasteiger partial charge < -0.3 is 5.32 Å². The zero-order valence-electron chi connectivity index (χ0n) is 12.6. The van der Waals surface area contributed by atoms with E-state index in [1.807, 2.05) is 0 Å². The largest absolute Gasteiger partial charge is 0.382 e. The molecule has 0 radical (unpaired) electrons. The fourth-order valence-corrected chi connectivity index (χ4v) is 2.94. The van der Waals surface area contributed by atoms with Crippen LogP contribution in [0.1, 0.15) is 29.2 Å². The van der Waals surface area contributed by atoms with E-state index in [0.29, 0.717) is 6.04 Å². The lowest BCUT2D eigenvalue weighted by atomic mass is 10.0. The fourth-order valence-electron chi connectivity index (χ4n) is 2.68. The molecule has 0 aliphatic rings. The van der Waals surface area contributed by atoms with E-state index in [0.717, 1.165) is 10.9 Å². The second kappa shape index (κ2) is 6.45. The van der Waals surface area contributed by atoms with Gasteiger partial charge in [-0.25, -0.2) is 0 Å². The van der Waals surface area contributed by atoms with Crippen LogP contribution in [-0.2, 0) is 6.42 Å². The van der Waals surface area contributed by atoms with E-state index in [2.05, 4.69) is 85.3 Å². The Morgan fingerprint density at radius 1 is 1.00 bits per heavy atom. The summed E-state index contributed by atoms with van der Waals surface area (Å²) < 4.78 is 1.13. The van der Waals surface area contributed by atoms with Crippen molar-refractivity contribution in [1.82, 2.24) is 0 Å². The molecule has 0 aliphatic heterocycles. The summed E-state index contributed by atoms with van der Waals surface area (Å²) >= 11 is 3.48. The van der Waals surface area contributed by atoms with Gasteiger partial charge in [-0.05, 0) is 62.9 Å². The van der Waals surface area contributed by atoms with Crippen LogP contribution in [0.15, 0.2) is 40.9 Å². The average Bonchev–Trinajstić information content (AvgIpc) is 2.36. The highest BCUT2D eigenvalue weighted by Gasteiger charge is 2.08. The minimum Gasteiger partial charge on any atom is -0.382 e. The molecule has 0 spiro atoms. The lowest BCUT2D eigenvalue weighted by Gasteiger charge is -2.20. The normalized spacial score (nSPS) is 12.2. The van der Waals surface area contributed by atoms with Crippen molar-refractivity contribution in [3.05, 3.63) is 63.1 Å². The maximum Gasteiger partial charge on any atom is 0.0401 e. The topological polar surface area (TPSA) is 12.0 Å². The van der Waals surface area contributed by atoms with E-state index < -0.39 is 0 Å². The zero-order valence-corrected chi connectivity index (χ0v) is 14.2. The number of nitrogens with one attached hydrogen (secondary N) is 1. The van der Waals surface area contributed by atoms with E-state index in [9.17, 15) is 0 Å². The van der Waals surface area contributed by atoms with Crippen molar-refractivity contribution in [2.45, 2.75) is 40.2 Å². The molecular weight excluding hydrogens is 310 g/mol. The second-order valence-corrected chi connectivity index (χ2v) is 6.57. The van der Waals surface area contributed by atoms with Gasteiger partial charge in [0.2, 0.25) is 0 Å². The first-order chi connectivity index (χ1) is 9.45. The lowest BCUT2D eigenvalue weighted by molar-refractivity contribution is 0.787. The Labute approximate surface area is 130 Å². The van der Waals surface area contributed by atoms with Crippen LogP contribution < -0.4 is 5.32 Å². The molecule has 0 aliphatic carbocycles. The number of rotatable bonds is 4. The summed E-state index contributed by atoms with van der Waals surface area (Å²) in [6.45, 7) is 8.74. The van der Waals surface area contributed by atoms with Crippen molar-refractivity contribution in [2.75, 3.05) is 5.32 Å². The molecule has 1 unspecified atom stereocenters. The van der Waals surface area contributed by atoms with Crippen molar-refractivity contribution in [3.8, 4) is 0 Å². The molecule has 0 aromatic heterocycles. The molecule has 20 heavy (non-hydrogen) atoms. The van der Waals surface area contributed by atoms with Gasteiger partial charge in [0.05, 0.1) is 0 Å². The molecule has 0 heterocycles. The molecule has 1 atom stereocenters. The number of hydrogen-bond acceptors (Lipinski definition) is 1. The second-order valence-electron chi connectivity index (χ2n) is 5.65. The quantitative estimate of drug-likeness (QED) is 0.788. The Morgan fingerprint density at radius 2 is 1.55 bits per heavy atom. The molecule has 1 nitrogen and oxygen atoms in total. The van der Waals surface area contributed by atoms with Crippen molar-refractivity contribution in [1.29, 1.82) is 0 Å². The van der Waals surface area contributed by atoms with E-state index in [1.165, 1.54) is 27.9 Å². The van der Waals surface area contributed by atoms with E-state index in [-0.39, 0.29) is 0 Å². The zero-order chi connectivity index (χ0) is 14.7. The first-order valence-corrected chi connectivity index (χ1v) is 7.84. The third-order valence-corrected chi connectivity index (χ3v) is 4.05. The molecule has 2 heteroatoms. The van der Waals surface area contributed by atoms with Crippen LogP contribution in [0.4, 0.5) is 5.69 Å². The number of aryl methyl sites for hydroxylation is 3. The predicted octanol–water partition coefficient (Wildman–Crippen LogP) is 5.42. The van der Waals surface area contributed by atoms with Gasteiger partial charge in [0.25, 0.3) is 0 Å². The summed E-state index contributed by atoms with van der Waals surface area (Å²) in [5.74, 6) is 0. The number of anilines is 1. The summed E-state index contributed by atoms with van der Waals surface area (Å²) in [6, 6.07) is 13.4. The molecule has 1 N–H and O–H groups in total. The SMILES string of the molecule is Cc1cc(C)c(NC(C)Cc2ccc(Br)cc2)c(C)c1. The summed E-state index contributed by atoms with van der Waals surface area (Å²) in [4.78, 5) is 0. The standard InChI is InChI=1S/C18H22BrN/c1-12-9-13(2)18(14(3)10-12)20-15(4)11-16-5-7-17(19)8-6-16/h5-10,15,20H,11H2,1-4H3. The Hall–Kier alpha value is -1.28. The van der Waals surface area contributed by atoms with Gasteiger partial charge in [0, 0.05) is 16.2 Å². The smallest absolute Gasteiger partial charge is 0.0401 e. The van der Waals surface area contributed by atoms with Crippen LogP contribution in [0.5, 0.6) is 0 Å². The molecule has 2 aromatic carbocycles. The van der Waals surface area contributed by atoms with Gasteiger partial charge in [0.15, 0.2) is 0 Å². The maximum absolute atomic E-state index is 3.66. The van der Waals surface area contributed by atoms with Crippen molar-refractivity contribution in [3.63, 3.8) is 0 Å².